The van der Waals surface area contributed by atoms with Gasteiger partial charge in [-0.3, -0.25) is 0 Å². The Hall–Kier alpha value is -0.930. The summed E-state index contributed by atoms with van der Waals surface area (Å²) in [4.78, 5) is 2.21. The quantitative estimate of drug-likeness (QED) is 0.758. The Labute approximate surface area is 107 Å². The van der Waals surface area contributed by atoms with Gasteiger partial charge in [-0.1, -0.05) is 17.7 Å². The first-order valence-corrected chi connectivity index (χ1v) is 6.39. The van der Waals surface area contributed by atoms with E-state index in [1.165, 1.54) is 0 Å². The molecule has 94 valence electrons. The number of para-hydroxylation sites is 1. The van der Waals surface area contributed by atoms with E-state index in [2.05, 4.69) is 4.90 Å². The van der Waals surface area contributed by atoms with Gasteiger partial charge in [0.1, 0.15) is 0 Å². The number of anilines is 2. The first-order valence-electron chi connectivity index (χ1n) is 6.01. The van der Waals surface area contributed by atoms with Crippen molar-refractivity contribution in [3.63, 3.8) is 0 Å². The molecule has 3 N–H and O–H groups in total. The molecule has 1 aliphatic rings. The summed E-state index contributed by atoms with van der Waals surface area (Å²) in [6.07, 6.45) is 2.57. The fraction of sp³-hybridized carbons (Fsp3) is 0.538. The van der Waals surface area contributed by atoms with Crippen molar-refractivity contribution >= 4 is 23.0 Å². The van der Waals surface area contributed by atoms with E-state index in [4.69, 9.17) is 17.3 Å². The van der Waals surface area contributed by atoms with Gasteiger partial charge in [0, 0.05) is 13.1 Å². The van der Waals surface area contributed by atoms with Gasteiger partial charge in [0.15, 0.2) is 0 Å². The van der Waals surface area contributed by atoms with Crippen LogP contribution >= 0.6 is 11.6 Å². The van der Waals surface area contributed by atoms with Crippen molar-refractivity contribution in [1.82, 2.24) is 0 Å². The van der Waals surface area contributed by atoms with Crippen molar-refractivity contribution in [2.45, 2.75) is 31.8 Å². The maximum absolute atomic E-state index is 10.1. The third-order valence-corrected chi connectivity index (χ3v) is 3.76. The summed E-state index contributed by atoms with van der Waals surface area (Å²) in [7, 11) is 0. The molecule has 1 fully saturated rings. The maximum atomic E-state index is 10.1. The van der Waals surface area contributed by atoms with Gasteiger partial charge in [-0.15, -0.1) is 0 Å². The van der Waals surface area contributed by atoms with E-state index in [0.717, 1.165) is 38.0 Å². The lowest BCUT2D eigenvalue weighted by Gasteiger charge is -2.25. The fourth-order valence-corrected chi connectivity index (χ4v) is 2.48. The number of hydrogen-bond donors (Lipinski definition) is 2. The van der Waals surface area contributed by atoms with Crippen LogP contribution in [0.2, 0.25) is 5.02 Å². The number of nitrogens with zero attached hydrogens (tertiary/aromatic N) is 1. The fourth-order valence-electron chi connectivity index (χ4n) is 2.31. The molecule has 0 saturated carbocycles. The smallest absolute Gasteiger partial charge is 0.0741 e. The zero-order valence-electron chi connectivity index (χ0n) is 10.1. The first kappa shape index (κ1) is 12.5. The number of rotatable bonds is 1. The number of halogens is 1. The molecule has 1 aliphatic heterocycles. The van der Waals surface area contributed by atoms with Gasteiger partial charge < -0.3 is 15.7 Å². The minimum atomic E-state index is -0.553. The molecular formula is C13H19ClN2O. The van der Waals surface area contributed by atoms with E-state index in [1.807, 2.05) is 19.1 Å². The van der Waals surface area contributed by atoms with Crippen molar-refractivity contribution in [2.24, 2.45) is 0 Å². The standard InChI is InChI=1S/C13H19ClN2O/c1-13(17)6-3-8-16(9-7-13)11-5-2-4-10(14)12(11)15/h2,4-5,17H,3,6-9,15H2,1H3. The Bertz CT molecular complexity index is 406. The average molecular weight is 255 g/mol. The molecule has 0 bridgehead atoms. The summed E-state index contributed by atoms with van der Waals surface area (Å²) in [6, 6.07) is 5.70. The minimum absolute atomic E-state index is 0.553. The largest absolute Gasteiger partial charge is 0.396 e. The molecule has 0 aliphatic carbocycles. The van der Waals surface area contributed by atoms with Crippen LogP contribution in [0.3, 0.4) is 0 Å². The molecule has 0 aromatic heterocycles. The van der Waals surface area contributed by atoms with Gasteiger partial charge in [-0.2, -0.15) is 0 Å². The van der Waals surface area contributed by atoms with Crippen LogP contribution in [0.25, 0.3) is 0 Å². The molecule has 4 heteroatoms. The van der Waals surface area contributed by atoms with Gasteiger partial charge in [-0.25, -0.2) is 0 Å². The van der Waals surface area contributed by atoms with Gasteiger partial charge in [0.05, 0.1) is 22.0 Å². The summed E-state index contributed by atoms with van der Waals surface area (Å²) in [5, 5.41) is 10.7. The summed E-state index contributed by atoms with van der Waals surface area (Å²) in [5.74, 6) is 0. The van der Waals surface area contributed by atoms with Crippen molar-refractivity contribution in [1.29, 1.82) is 0 Å². The molecule has 1 aromatic carbocycles. The molecule has 1 unspecified atom stereocenters. The molecule has 17 heavy (non-hydrogen) atoms. The summed E-state index contributed by atoms with van der Waals surface area (Å²) >= 11 is 6.03. The molecular weight excluding hydrogens is 236 g/mol. The second kappa shape index (κ2) is 4.75. The van der Waals surface area contributed by atoms with Crippen LogP contribution in [-0.4, -0.2) is 23.8 Å². The Morgan fingerprint density at radius 1 is 1.35 bits per heavy atom. The minimum Gasteiger partial charge on any atom is -0.396 e. The lowest BCUT2D eigenvalue weighted by molar-refractivity contribution is 0.0481. The van der Waals surface area contributed by atoms with Crippen LogP contribution < -0.4 is 10.6 Å². The number of nitrogens with two attached hydrogens (primary N) is 1. The van der Waals surface area contributed by atoms with E-state index < -0.39 is 5.60 Å². The maximum Gasteiger partial charge on any atom is 0.0741 e. The van der Waals surface area contributed by atoms with Crippen molar-refractivity contribution in [3.8, 4) is 0 Å². The number of benzene rings is 1. The Morgan fingerprint density at radius 3 is 2.88 bits per heavy atom. The molecule has 0 radical (unpaired) electrons. The van der Waals surface area contributed by atoms with Crippen LogP contribution in [0.5, 0.6) is 0 Å². The predicted octanol–water partition coefficient (Wildman–Crippen LogP) is 2.66. The normalized spacial score (nSPS) is 25.7. The number of hydrogen-bond acceptors (Lipinski definition) is 3. The molecule has 1 heterocycles. The number of aliphatic hydroxyl groups is 1. The second-order valence-corrected chi connectivity index (χ2v) is 5.42. The highest BCUT2D eigenvalue weighted by atomic mass is 35.5. The van der Waals surface area contributed by atoms with E-state index >= 15 is 0 Å². The zero-order valence-corrected chi connectivity index (χ0v) is 10.9. The highest BCUT2D eigenvalue weighted by molar-refractivity contribution is 6.33. The van der Waals surface area contributed by atoms with E-state index in [-0.39, 0.29) is 0 Å². The molecule has 0 amide bonds. The SMILES string of the molecule is CC1(O)CCCN(c2cccc(Cl)c2N)CC1. The highest BCUT2D eigenvalue weighted by Gasteiger charge is 2.25. The van der Waals surface area contributed by atoms with Crippen molar-refractivity contribution < 1.29 is 5.11 Å². The Morgan fingerprint density at radius 2 is 2.12 bits per heavy atom. The third kappa shape index (κ3) is 2.85. The highest BCUT2D eigenvalue weighted by Crippen LogP contribution is 2.32. The van der Waals surface area contributed by atoms with Crippen molar-refractivity contribution in [3.05, 3.63) is 23.2 Å². The number of nitrogen functional groups attached to an aromatic ring is 1. The molecule has 3 nitrogen and oxygen atoms in total. The summed E-state index contributed by atoms with van der Waals surface area (Å²) in [6.45, 7) is 3.63. The lowest BCUT2D eigenvalue weighted by atomic mass is 9.98. The first-order chi connectivity index (χ1) is 7.99. The lowest BCUT2D eigenvalue weighted by Crippen LogP contribution is -2.28. The van der Waals surface area contributed by atoms with E-state index in [1.54, 1.807) is 6.07 Å². The van der Waals surface area contributed by atoms with E-state index in [0.29, 0.717) is 10.7 Å². The van der Waals surface area contributed by atoms with Gasteiger partial charge >= 0.3 is 0 Å². The van der Waals surface area contributed by atoms with Gasteiger partial charge in [0.2, 0.25) is 0 Å². The molecule has 1 aromatic rings. The third-order valence-electron chi connectivity index (χ3n) is 3.43. The molecule has 0 spiro atoms. The Kier molecular flexibility index (Phi) is 3.50. The monoisotopic (exact) mass is 254 g/mol. The molecule has 1 atom stereocenters. The van der Waals surface area contributed by atoms with Crippen molar-refractivity contribution in [2.75, 3.05) is 23.7 Å². The van der Waals surface area contributed by atoms with E-state index in [9.17, 15) is 5.11 Å². The average Bonchev–Trinajstić information content (AvgIpc) is 2.44. The Balaban J connectivity index is 2.20. The topological polar surface area (TPSA) is 49.5 Å². The predicted molar refractivity (Wildman–Crippen MR) is 72.6 cm³/mol. The summed E-state index contributed by atoms with van der Waals surface area (Å²) in [5.41, 5.74) is 7.06. The van der Waals surface area contributed by atoms with Crippen LogP contribution in [0.4, 0.5) is 11.4 Å². The second-order valence-electron chi connectivity index (χ2n) is 5.01. The van der Waals surface area contributed by atoms with Gasteiger partial charge in [-0.05, 0) is 38.3 Å². The van der Waals surface area contributed by atoms with Crippen LogP contribution in [0.1, 0.15) is 26.2 Å². The van der Waals surface area contributed by atoms with Crippen LogP contribution in [0, 0.1) is 0 Å². The van der Waals surface area contributed by atoms with Crippen LogP contribution in [-0.2, 0) is 0 Å². The molecule has 1 saturated heterocycles. The van der Waals surface area contributed by atoms with Gasteiger partial charge in [0.25, 0.3) is 0 Å². The van der Waals surface area contributed by atoms with Crippen LogP contribution in [0.15, 0.2) is 18.2 Å². The molecule has 2 rings (SSSR count). The zero-order chi connectivity index (χ0) is 12.5. The summed E-state index contributed by atoms with van der Waals surface area (Å²) < 4.78 is 0.